The number of para-hydroxylation sites is 1. The van der Waals surface area contributed by atoms with Crippen molar-refractivity contribution < 1.29 is 14.6 Å². The van der Waals surface area contributed by atoms with Crippen LogP contribution < -0.4 is 5.73 Å². The Bertz CT molecular complexity index is 552. The Kier molecular flexibility index (Phi) is 7.72. The molecule has 0 aromatic heterocycles. The van der Waals surface area contributed by atoms with E-state index in [2.05, 4.69) is 0 Å². The Morgan fingerprint density at radius 2 is 1.73 bits per heavy atom. The molecule has 4 nitrogen and oxygen atoms in total. The molecule has 2 rings (SSSR count). The zero-order chi connectivity index (χ0) is 16.4. The zero-order valence-corrected chi connectivity index (χ0v) is 13.0. The summed E-state index contributed by atoms with van der Waals surface area (Å²) in [5.74, 6) is -0.0305. The average Bonchev–Trinajstić information content (AvgIpc) is 2.51. The molecule has 1 unspecified atom stereocenters. The first-order valence-electron chi connectivity index (χ1n) is 7.20. The molecule has 0 saturated heterocycles. The highest BCUT2D eigenvalue weighted by Crippen LogP contribution is 2.07. The van der Waals surface area contributed by atoms with Crippen molar-refractivity contribution in [2.24, 2.45) is 5.73 Å². The van der Waals surface area contributed by atoms with E-state index in [1.807, 2.05) is 44.2 Å². The number of phenols is 1. The van der Waals surface area contributed by atoms with E-state index in [1.165, 1.54) is 5.56 Å². The number of phenolic OH excluding ortho intramolecular Hbond substituents is 1. The fourth-order valence-electron chi connectivity index (χ4n) is 1.80. The molecule has 2 aromatic carbocycles. The summed E-state index contributed by atoms with van der Waals surface area (Å²) < 4.78 is 5.07. The first-order chi connectivity index (χ1) is 10.5. The molecule has 118 valence electrons. The minimum absolute atomic E-state index is 0.0573. The van der Waals surface area contributed by atoms with E-state index in [0.29, 0.717) is 5.75 Å². The van der Waals surface area contributed by atoms with Crippen LogP contribution in [0.5, 0.6) is 5.75 Å². The van der Waals surface area contributed by atoms with E-state index in [4.69, 9.17) is 15.6 Å². The predicted molar refractivity (Wildman–Crippen MR) is 87.6 cm³/mol. The second-order valence-corrected chi connectivity index (χ2v) is 5.03. The maximum atomic E-state index is 10.9. The molecule has 0 aliphatic carbocycles. The molecule has 0 saturated carbocycles. The Morgan fingerprint density at radius 3 is 2.18 bits per heavy atom. The third kappa shape index (κ3) is 7.45. The Balaban J connectivity index is 0.000000287. The van der Waals surface area contributed by atoms with Crippen molar-refractivity contribution >= 4 is 5.97 Å². The lowest BCUT2D eigenvalue weighted by Gasteiger charge is -2.12. The van der Waals surface area contributed by atoms with E-state index in [1.54, 1.807) is 24.3 Å². The van der Waals surface area contributed by atoms with Gasteiger partial charge in [0.2, 0.25) is 0 Å². The fraction of sp³-hybridized carbons (Fsp3) is 0.278. The summed E-state index contributed by atoms with van der Waals surface area (Å²) in [6.45, 7) is 3.85. The van der Waals surface area contributed by atoms with Crippen LogP contribution in [0.4, 0.5) is 0 Å². The number of benzene rings is 2. The van der Waals surface area contributed by atoms with E-state index < -0.39 is 0 Å². The highest BCUT2D eigenvalue weighted by molar-refractivity contribution is 5.71. The van der Waals surface area contributed by atoms with Crippen LogP contribution in [0.2, 0.25) is 0 Å². The molecule has 0 heterocycles. The Labute approximate surface area is 131 Å². The molecule has 0 radical (unpaired) electrons. The zero-order valence-electron chi connectivity index (χ0n) is 13.0. The van der Waals surface area contributed by atoms with Gasteiger partial charge in [0.05, 0.1) is 6.54 Å². The smallest absolute Gasteiger partial charge is 0.319 e. The lowest BCUT2D eigenvalue weighted by Crippen LogP contribution is -2.23. The van der Waals surface area contributed by atoms with Gasteiger partial charge in [-0.2, -0.15) is 0 Å². The van der Waals surface area contributed by atoms with Crippen LogP contribution in [0.25, 0.3) is 0 Å². The van der Waals surface area contributed by atoms with Crippen LogP contribution in [-0.4, -0.2) is 23.7 Å². The largest absolute Gasteiger partial charge is 0.508 e. The standard InChI is InChI=1S/C12H17NO2.C6H6O/c1-9-3-5-11(6-4-9)7-10(2)15-12(14)8-13;7-6-4-2-1-3-5-6/h3-6,10H,7-8,13H2,1-2H3;1-5,7H. The quantitative estimate of drug-likeness (QED) is 0.852. The number of nitrogens with two attached hydrogens (primary N) is 1. The van der Waals surface area contributed by atoms with Gasteiger partial charge in [0, 0.05) is 6.42 Å². The number of carbonyl (C=O) groups excluding carboxylic acids is 1. The van der Waals surface area contributed by atoms with Crippen LogP contribution in [0.3, 0.4) is 0 Å². The molecule has 4 heteroatoms. The molecule has 3 N–H and O–H groups in total. The highest BCUT2D eigenvalue weighted by Gasteiger charge is 2.08. The number of hydrogen-bond acceptors (Lipinski definition) is 4. The van der Waals surface area contributed by atoms with Crippen LogP contribution in [0.15, 0.2) is 54.6 Å². The summed E-state index contributed by atoms with van der Waals surface area (Å²) in [7, 11) is 0. The average molecular weight is 301 g/mol. The minimum atomic E-state index is -0.352. The SMILES string of the molecule is Cc1ccc(CC(C)OC(=O)CN)cc1.Oc1ccccc1. The predicted octanol–water partition coefficient (Wildman–Crippen LogP) is 2.82. The van der Waals surface area contributed by atoms with E-state index in [0.717, 1.165) is 12.0 Å². The maximum Gasteiger partial charge on any atom is 0.319 e. The topological polar surface area (TPSA) is 72.5 Å². The number of aryl methyl sites for hydroxylation is 1. The lowest BCUT2D eigenvalue weighted by atomic mass is 10.1. The van der Waals surface area contributed by atoms with E-state index in [9.17, 15) is 4.79 Å². The van der Waals surface area contributed by atoms with Crippen LogP contribution in [0.1, 0.15) is 18.1 Å². The van der Waals surface area contributed by atoms with E-state index >= 15 is 0 Å². The molecule has 22 heavy (non-hydrogen) atoms. The van der Waals surface area contributed by atoms with Crippen molar-refractivity contribution in [3.05, 3.63) is 65.7 Å². The van der Waals surface area contributed by atoms with Gasteiger partial charge in [-0.25, -0.2) is 0 Å². The van der Waals surface area contributed by atoms with Gasteiger partial charge in [0.1, 0.15) is 11.9 Å². The van der Waals surface area contributed by atoms with Gasteiger partial charge in [-0.3, -0.25) is 4.79 Å². The molecule has 0 aliphatic heterocycles. The summed E-state index contributed by atoms with van der Waals surface area (Å²) in [6.07, 6.45) is 0.607. The van der Waals surface area contributed by atoms with Gasteiger partial charge in [-0.1, -0.05) is 48.0 Å². The molecule has 0 fully saturated rings. The van der Waals surface area contributed by atoms with Crippen LogP contribution in [0, 0.1) is 6.92 Å². The summed E-state index contributed by atoms with van der Waals surface area (Å²) in [6, 6.07) is 16.9. The number of aromatic hydroxyl groups is 1. The van der Waals surface area contributed by atoms with Gasteiger partial charge < -0.3 is 15.6 Å². The lowest BCUT2D eigenvalue weighted by molar-refractivity contribution is -0.146. The molecule has 1 atom stereocenters. The normalized spacial score (nSPS) is 11.0. The van der Waals surface area contributed by atoms with Gasteiger partial charge >= 0.3 is 5.97 Å². The van der Waals surface area contributed by atoms with Crippen molar-refractivity contribution in [2.45, 2.75) is 26.4 Å². The van der Waals surface area contributed by atoms with Gasteiger partial charge in [0.25, 0.3) is 0 Å². The van der Waals surface area contributed by atoms with E-state index in [-0.39, 0.29) is 18.6 Å². The highest BCUT2D eigenvalue weighted by atomic mass is 16.5. The van der Waals surface area contributed by atoms with Gasteiger partial charge in [-0.05, 0) is 31.5 Å². The molecule has 0 spiro atoms. The summed E-state index contributed by atoms with van der Waals surface area (Å²) >= 11 is 0. The summed E-state index contributed by atoms with van der Waals surface area (Å²) in [4.78, 5) is 10.9. The Morgan fingerprint density at radius 1 is 1.14 bits per heavy atom. The molecular formula is C18H23NO3. The second kappa shape index (κ2) is 9.58. The number of rotatable bonds is 4. The summed E-state index contributed by atoms with van der Waals surface area (Å²) in [5.41, 5.74) is 7.55. The van der Waals surface area contributed by atoms with Crippen molar-refractivity contribution in [2.75, 3.05) is 6.54 Å². The minimum Gasteiger partial charge on any atom is -0.508 e. The van der Waals surface area contributed by atoms with Crippen LogP contribution >= 0.6 is 0 Å². The van der Waals surface area contributed by atoms with Crippen molar-refractivity contribution in [1.82, 2.24) is 0 Å². The fourth-order valence-corrected chi connectivity index (χ4v) is 1.80. The van der Waals surface area contributed by atoms with Gasteiger partial charge in [-0.15, -0.1) is 0 Å². The molecule has 0 bridgehead atoms. The van der Waals surface area contributed by atoms with Crippen LogP contribution in [-0.2, 0) is 16.0 Å². The number of esters is 1. The second-order valence-electron chi connectivity index (χ2n) is 5.03. The maximum absolute atomic E-state index is 10.9. The Hall–Kier alpha value is -2.33. The third-order valence-electron chi connectivity index (χ3n) is 2.90. The molecule has 0 amide bonds. The van der Waals surface area contributed by atoms with Crippen molar-refractivity contribution in [3.63, 3.8) is 0 Å². The number of ether oxygens (including phenoxy) is 1. The third-order valence-corrected chi connectivity index (χ3v) is 2.90. The van der Waals surface area contributed by atoms with Crippen molar-refractivity contribution in [1.29, 1.82) is 0 Å². The van der Waals surface area contributed by atoms with Crippen molar-refractivity contribution in [3.8, 4) is 5.75 Å². The molecule has 2 aromatic rings. The first kappa shape index (κ1) is 17.7. The molecular weight excluding hydrogens is 278 g/mol. The number of carbonyl (C=O) groups is 1. The number of hydrogen-bond donors (Lipinski definition) is 2. The monoisotopic (exact) mass is 301 g/mol. The molecule has 0 aliphatic rings. The first-order valence-corrected chi connectivity index (χ1v) is 7.20. The summed E-state index contributed by atoms with van der Waals surface area (Å²) in [5, 5.41) is 8.63. The van der Waals surface area contributed by atoms with Gasteiger partial charge in [0.15, 0.2) is 0 Å².